The summed E-state index contributed by atoms with van der Waals surface area (Å²) < 4.78 is 0. The standard InChI is InChI=1S/C27H44N4O5/c1-7-18(6)23(27(35)36)31-26(34)22(15-19-11-9-8-10-12-19)30-25(33)21(14-17(4)5)29-24(32)20(28)13-16(2)3/h8-12,16-18,20-23H,7,13-15,28H2,1-6H3,(H,29,32)(H,30,33)(H,31,34)(H,35,36). The molecule has 9 heteroatoms. The van der Waals surface area contributed by atoms with Gasteiger partial charge in [-0.1, -0.05) is 78.3 Å². The van der Waals surface area contributed by atoms with E-state index in [2.05, 4.69) is 16.0 Å². The van der Waals surface area contributed by atoms with Crippen LogP contribution in [0.1, 0.15) is 66.4 Å². The Hall–Kier alpha value is -2.94. The van der Waals surface area contributed by atoms with Crippen LogP contribution in [-0.4, -0.2) is 53.0 Å². The molecule has 0 bridgehead atoms. The Morgan fingerprint density at radius 1 is 0.806 bits per heavy atom. The van der Waals surface area contributed by atoms with Gasteiger partial charge in [0.1, 0.15) is 18.1 Å². The van der Waals surface area contributed by atoms with Crippen LogP contribution < -0.4 is 21.7 Å². The summed E-state index contributed by atoms with van der Waals surface area (Å²) in [5, 5.41) is 17.7. The lowest BCUT2D eigenvalue weighted by molar-refractivity contribution is -0.143. The van der Waals surface area contributed by atoms with Gasteiger partial charge in [-0.05, 0) is 36.2 Å². The number of hydrogen-bond acceptors (Lipinski definition) is 5. The quantitative estimate of drug-likeness (QED) is 0.247. The van der Waals surface area contributed by atoms with Gasteiger partial charge < -0.3 is 26.8 Å². The summed E-state index contributed by atoms with van der Waals surface area (Å²) in [4.78, 5) is 51.0. The number of carboxylic acids is 1. The van der Waals surface area contributed by atoms with E-state index in [0.29, 0.717) is 19.3 Å². The Bertz CT molecular complexity index is 859. The molecule has 0 aliphatic heterocycles. The van der Waals surface area contributed by atoms with Crippen molar-refractivity contribution in [2.24, 2.45) is 23.5 Å². The van der Waals surface area contributed by atoms with Crippen molar-refractivity contribution in [2.45, 2.75) is 91.4 Å². The highest BCUT2D eigenvalue weighted by molar-refractivity contribution is 5.94. The third-order valence-electron chi connectivity index (χ3n) is 6.09. The van der Waals surface area contributed by atoms with E-state index < -0.39 is 47.9 Å². The zero-order chi connectivity index (χ0) is 27.4. The van der Waals surface area contributed by atoms with Crippen LogP contribution in [0.5, 0.6) is 0 Å². The van der Waals surface area contributed by atoms with Gasteiger partial charge in [-0.3, -0.25) is 14.4 Å². The monoisotopic (exact) mass is 504 g/mol. The Labute approximate surface area is 215 Å². The zero-order valence-electron chi connectivity index (χ0n) is 22.4. The first-order chi connectivity index (χ1) is 16.8. The van der Waals surface area contributed by atoms with Gasteiger partial charge in [0.05, 0.1) is 6.04 Å². The molecule has 0 aliphatic rings. The van der Waals surface area contributed by atoms with Crippen molar-refractivity contribution in [3.63, 3.8) is 0 Å². The number of hydrogen-bond donors (Lipinski definition) is 5. The second-order valence-corrected chi connectivity index (χ2v) is 10.4. The molecule has 36 heavy (non-hydrogen) atoms. The van der Waals surface area contributed by atoms with E-state index in [1.165, 1.54) is 0 Å². The van der Waals surface area contributed by atoms with Crippen LogP contribution in [0, 0.1) is 17.8 Å². The molecule has 0 radical (unpaired) electrons. The van der Waals surface area contributed by atoms with Crippen LogP contribution in [0.3, 0.4) is 0 Å². The molecule has 0 saturated heterocycles. The summed E-state index contributed by atoms with van der Waals surface area (Å²) in [5.41, 5.74) is 6.81. The van der Waals surface area contributed by atoms with Crippen molar-refractivity contribution in [2.75, 3.05) is 0 Å². The van der Waals surface area contributed by atoms with Gasteiger partial charge in [-0.15, -0.1) is 0 Å². The topological polar surface area (TPSA) is 151 Å². The van der Waals surface area contributed by atoms with E-state index in [0.717, 1.165) is 5.56 Å². The Morgan fingerprint density at radius 2 is 1.33 bits per heavy atom. The van der Waals surface area contributed by atoms with Crippen LogP contribution in [0.4, 0.5) is 0 Å². The summed E-state index contributed by atoms with van der Waals surface area (Å²) in [7, 11) is 0. The third-order valence-corrected chi connectivity index (χ3v) is 6.09. The van der Waals surface area contributed by atoms with E-state index >= 15 is 0 Å². The molecule has 1 aromatic rings. The molecular formula is C27H44N4O5. The number of nitrogens with one attached hydrogen (secondary N) is 3. The molecule has 0 heterocycles. The van der Waals surface area contributed by atoms with Crippen LogP contribution >= 0.6 is 0 Å². The summed E-state index contributed by atoms with van der Waals surface area (Å²) in [6, 6.07) is 5.40. The van der Waals surface area contributed by atoms with Gasteiger partial charge in [0.15, 0.2) is 0 Å². The first-order valence-electron chi connectivity index (χ1n) is 12.8. The molecule has 1 aromatic carbocycles. The predicted molar refractivity (Wildman–Crippen MR) is 140 cm³/mol. The van der Waals surface area contributed by atoms with E-state index in [9.17, 15) is 24.3 Å². The van der Waals surface area contributed by atoms with Gasteiger partial charge in [0.2, 0.25) is 17.7 Å². The smallest absolute Gasteiger partial charge is 0.326 e. The van der Waals surface area contributed by atoms with Crippen molar-refractivity contribution in [1.82, 2.24) is 16.0 Å². The van der Waals surface area contributed by atoms with Crippen LogP contribution in [0.2, 0.25) is 0 Å². The van der Waals surface area contributed by atoms with Crippen molar-refractivity contribution < 1.29 is 24.3 Å². The van der Waals surface area contributed by atoms with Crippen LogP contribution in [0.25, 0.3) is 0 Å². The van der Waals surface area contributed by atoms with Crippen molar-refractivity contribution >= 4 is 23.7 Å². The lowest BCUT2D eigenvalue weighted by atomic mass is 9.97. The third kappa shape index (κ3) is 10.8. The molecule has 0 aromatic heterocycles. The van der Waals surface area contributed by atoms with E-state index in [1.807, 2.05) is 65.0 Å². The minimum Gasteiger partial charge on any atom is -0.480 e. The molecule has 5 atom stereocenters. The number of amides is 3. The fraction of sp³-hybridized carbons (Fsp3) is 0.630. The van der Waals surface area contributed by atoms with Crippen molar-refractivity contribution in [3.05, 3.63) is 35.9 Å². The second-order valence-electron chi connectivity index (χ2n) is 10.4. The van der Waals surface area contributed by atoms with E-state index in [-0.39, 0.29) is 24.2 Å². The molecule has 3 amide bonds. The van der Waals surface area contributed by atoms with Crippen molar-refractivity contribution in [3.8, 4) is 0 Å². The minimum atomic E-state index is -1.13. The van der Waals surface area contributed by atoms with E-state index in [4.69, 9.17) is 5.73 Å². The highest BCUT2D eigenvalue weighted by atomic mass is 16.4. The molecule has 0 fully saturated rings. The first kappa shape index (κ1) is 31.1. The Morgan fingerprint density at radius 3 is 1.83 bits per heavy atom. The SMILES string of the molecule is CCC(C)C(NC(=O)C(Cc1ccccc1)NC(=O)C(CC(C)C)NC(=O)C(N)CC(C)C)C(=O)O. The summed E-state index contributed by atoms with van der Waals surface area (Å²) in [5.74, 6) is -2.65. The molecule has 0 saturated carbocycles. The molecule has 5 unspecified atom stereocenters. The highest BCUT2D eigenvalue weighted by Gasteiger charge is 2.32. The minimum absolute atomic E-state index is 0.0885. The van der Waals surface area contributed by atoms with Crippen molar-refractivity contribution in [1.29, 1.82) is 0 Å². The zero-order valence-corrected chi connectivity index (χ0v) is 22.4. The van der Waals surface area contributed by atoms with Crippen LogP contribution in [-0.2, 0) is 25.6 Å². The number of nitrogens with two attached hydrogens (primary N) is 1. The maximum Gasteiger partial charge on any atom is 0.326 e. The fourth-order valence-corrected chi connectivity index (χ4v) is 3.86. The molecule has 1 rings (SSSR count). The van der Waals surface area contributed by atoms with E-state index in [1.54, 1.807) is 6.92 Å². The van der Waals surface area contributed by atoms with Gasteiger partial charge in [-0.2, -0.15) is 0 Å². The molecule has 0 spiro atoms. The van der Waals surface area contributed by atoms with Gasteiger partial charge >= 0.3 is 5.97 Å². The maximum atomic E-state index is 13.3. The summed E-state index contributed by atoms with van der Waals surface area (Å²) in [6.07, 6.45) is 1.57. The molecule has 9 nitrogen and oxygen atoms in total. The predicted octanol–water partition coefficient (Wildman–Crippen LogP) is 2.23. The second kappa shape index (κ2) is 15.2. The Kier molecular flexibility index (Phi) is 13.2. The number of carboxylic acid groups (broad SMARTS) is 1. The fourth-order valence-electron chi connectivity index (χ4n) is 3.86. The maximum absolute atomic E-state index is 13.3. The van der Waals surface area contributed by atoms with Gasteiger partial charge in [0, 0.05) is 6.42 Å². The number of rotatable bonds is 15. The molecular weight excluding hydrogens is 460 g/mol. The molecule has 0 aliphatic carbocycles. The summed E-state index contributed by atoms with van der Waals surface area (Å²) >= 11 is 0. The lowest BCUT2D eigenvalue weighted by Gasteiger charge is -2.27. The first-order valence-corrected chi connectivity index (χ1v) is 12.8. The van der Waals surface area contributed by atoms with Gasteiger partial charge in [-0.25, -0.2) is 4.79 Å². The average Bonchev–Trinajstić information content (AvgIpc) is 2.80. The summed E-state index contributed by atoms with van der Waals surface area (Å²) in [6.45, 7) is 11.4. The molecule has 202 valence electrons. The highest BCUT2D eigenvalue weighted by Crippen LogP contribution is 2.12. The number of benzene rings is 1. The van der Waals surface area contributed by atoms with Gasteiger partial charge in [0.25, 0.3) is 0 Å². The molecule has 6 N–H and O–H groups in total. The number of carbonyl (C=O) groups is 4. The largest absolute Gasteiger partial charge is 0.480 e. The Balaban J connectivity index is 3.14. The average molecular weight is 505 g/mol. The number of aliphatic carboxylic acids is 1. The number of carbonyl (C=O) groups excluding carboxylic acids is 3. The lowest BCUT2D eigenvalue weighted by Crippen LogP contribution is -2.58. The van der Waals surface area contributed by atoms with Crippen LogP contribution in [0.15, 0.2) is 30.3 Å². The normalized spacial score (nSPS) is 15.5.